The third-order valence-electron chi connectivity index (χ3n) is 5.59. The van der Waals surface area contributed by atoms with Crippen LogP contribution in [0.2, 0.25) is 0 Å². The molecule has 1 aromatic rings. The van der Waals surface area contributed by atoms with Gasteiger partial charge in [0, 0.05) is 17.6 Å². The van der Waals surface area contributed by atoms with Gasteiger partial charge in [0.25, 0.3) is 0 Å². The van der Waals surface area contributed by atoms with Gasteiger partial charge in [-0.05, 0) is 56.4 Å². The van der Waals surface area contributed by atoms with Crippen molar-refractivity contribution in [1.82, 2.24) is 5.32 Å². The highest BCUT2D eigenvalue weighted by molar-refractivity contribution is 5.21. The third kappa shape index (κ3) is 2.63. The fourth-order valence-corrected chi connectivity index (χ4v) is 4.53. The molecule has 0 saturated heterocycles. The van der Waals surface area contributed by atoms with E-state index in [1.807, 2.05) is 12.1 Å². The molecule has 0 amide bonds. The van der Waals surface area contributed by atoms with E-state index in [0.29, 0.717) is 6.04 Å². The Labute approximate surface area is 122 Å². The summed E-state index contributed by atoms with van der Waals surface area (Å²) in [6, 6.07) is 7.84. The summed E-state index contributed by atoms with van der Waals surface area (Å²) in [6.07, 6.45) is 6.61. The van der Waals surface area contributed by atoms with Crippen LogP contribution >= 0.6 is 0 Å². The van der Waals surface area contributed by atoms with Crippen molar-refractivity contribution in [3.63, 3.8) is 0 Å². The lowest BCUT2D eigenvalue weighted by atomic mass is 9.83. The van der Waals surface area contributed by atoms with Gasteiger partial charge >= 0.3 is 0 Å². The zero-order valence-corrected chi connectivity index (χ0v) is 12.6. The summed E-state index contributed by atoms with van der Waals surface area (Å²) >= 11 is 0. The van der Waals surface area contributed by atoms with Crippen LogP contribution in [0.1, 0.15) is 57.6 Å². The first-order valence-corrected chi connectivity index (χ1v) is 8.19. The molecule has 0 aromatic heterocycles. The Morgan fingerprint density at radius 2 is 2.05 bits per heavy atom. The molecule has 110 valence electrons. The molecule has 2 aliphatic carbocycles. The Hall–Kier alpha value is -0.890. The van der Waals surface area contributed by atoms with Crippen LogP contribution in [0.15, 0.2) is 24.3 Å². The van der Waals surface area contributed by atoms with Crippen molar-refractivity contribution < 1.29 is 4.39 Å². The SMILES string of the molecule is CCC(NC(C)C1CC2CCC1C2)c1ccccc1F. The molecule has 0 heterocycles. The maximum atomic E-state index is 14.0. The van der Waals surface area contributed by atoms with Crippen LogP contribution in [-0.2, 0) is 0 Å². The molecule has 2 bridgehead atoms. The highest BCUT2D eigenvalue weighted by atomic mass is 19.1. The van der Waals surface area contributed by atoms with Crippen molar-refractivity contribution in [2.45, 2.75) is 58.0 Å². The van der Waals surface area contributed by atoms with Crippen LogP contribution in [0.4, 0.5) is 4.39 Å². The number of fused-ring (bicyclic) bond motifs is 2. The summed E-state index contributed by atoms with van der Waals surface area (Å²) in [5.74, 6) is 2.62. The molecule has 1 N–H and O–H groups in total. The van der Waals surface area contributed by atoms with E-state index in [-0.39, 0.29) is 11.9 Å². The van der Waals surface area contributed by atoms with E-state index in [1.54, 1.807) is 12.1 Å². The van der Waals surface area contributed by atoms with Gasteiger partial charge in [0.15, 0.2) is 0 Å². The van der Waals surface area contributed by atoms with Gasteiger partial charge in [-0.3, -0.25) is 0 Å². The molecule has 2 aliphatic rings. The zero-order valence-electron chi connectivity index (χ0n) is 12.6. The van der Waals surface area contributed by atoms with Gasteiger partial charge in [0.1, 0.15) is 5.82 Å². The van der Waals surface area contributed by atoms with Crippen molar-refractivity contribution in [3.05, 3.63) is 35.6 Å². The second-order valence-electron chi connectivity index (χ2n) is 6.78. The number of hydrogen-bond donors (Lipinski definition) is 1. The van der Waals surface area contributed by atoms with Gasteiger partial charge in [-0.1, -0.05) is 31.5 Å². The summed E-state index contributed by atoms with van der Waals surface area (Å²) in [5, 5.41) is 3.71. The molecular weight excluding hydrogens is 249 g/mol. The molecule has 2 fully saturated rings. The van der Waals surface area contributed by atoms with E-state index < -0.39 is 0 Å². The van der Waals surface area contributed by atoms with Crippen molar-refractivity contribution in [1.29, 1.82) is 0 Å². The normalized spacial score (nSPS) is 31.4. The van der Waals surface area contributed by atoms with Crippen molar-refractivity contribution >= 4 is 0 Å². The van der Waals surface area contributed by atoms with Crippen LogP contribution in [0.25, 0.3) is 0 Å². The molecule has 1 aromatic carbocycles. The molecule has 20 heavy (non-hydrogen) atoms. The average molecular weight is 275 g/mol. The molecule has 1 nitrogen and oxygen atoms in total. The van der Waals surface area contributed by atoms with Crippen LogP contribution in [0.3, 0.4) is 0 Å². The van der Waals surface area contributed by atoms with Gasteiger partial charge in [-0.15, -0.1) is 0 Å². The zero-order chi connectivity index (χ0) is 14.1. The second kappa shape index (κ2) is 5.85. The number of rotatable bonds is 5. The minimum Gasteiger partial charge on any atom is -0.307 e. The largest absolute Gasteiger partial charge is 0.307 e. The van der Waals surface area contributed by atoms with Crippen molar-refractivity contribution in [2.24, 2.45) is 17.8 Å². The lowest BCUT2D eigenvalue weighted by Gasteiger charge is -2.32. The van der Waals surface area contributed by atoms with Gasteiger partial charge in [0.05, 0.1) is 0 Å². The first-order valence-electron chi connectivity index (χ1n) is 8.19. The first kappa shape index (κ1) is 14.1. The fourth-order valence-electron chi connectivity index (χ4n) is 4.53. The van der Waals surface area contributed by atoms with E-state index in [0.717, 1.165) is 29.7 Å². The highest BCUT2D eigenvalue weighted by Gasteiger charge is 2.42. The number of hydrogen-bond acceptors (Lipinski definition) is 1. The lowest BCUT2D eigenvalue weighted by Crippen LogP contribution is -2.38. The van der Waals surface area contributed by atoms with Gasteiger partial charge in [-0.2, -0.15) is 0 Å². The standard InChI is InChI=1S/C18H26FN/c1-3-18(15-6-4-5-7-17(15)19)20-12(2)16-11-13-8-9-14(16)10-13/h4-7,12-14,16,18,20H,3,8-11H2,1-2H3. The fraction of sp³-hybridized carbons (Fsp3) is 0.667. The van der Waals surface area contributed by atoms with E-state index in [9.17, 15) is 4.39 Å². The van der Waals surface area contributed by atoms with Crippen LogP contribution in [-0.4, -0.2) is 6.04 Å². The van der Waals surface area contributed by atoms with Crippen LogP contribution in [0, 0.1) is 23.6 Å². The first-order chi connectivity index (χ1) is 9.69. The quantitative estimate of drug-likeness (QED) is 0.822. The lowest BCUT2D eigenvalue weighted by molar-refractivity contribution is 0.242. The minimum atomic E-state index is -0.0769. The second-order valence-corrected chi connectivity index (χ2v) is 6.78. The summed E-state index contributed by atoms with van der Waals surface area (Å²) in [7, 11) is 0. The maximum Gasteiger partial charge on any atom is 0.127 e. The van der Waals surface area contributed by atoms with Gasteiger partial charge < -0.3 is 5.32 Å². The summed E-state index contributed by atoms with van der Waals surface area (Å²) in [6.45, 7) is 4.44. The van der Waals surface area contributed by atoms with E-state index in [1.165, 1.54) is 25.7 Å². The Kier molecular flexibility index (Phi) is 4.11. The van der Waals surface area contributed by atoms with Gasteiger partial charge in [0.2, 0.25) is 0 Å². The van der Waals surface area contributed by atoms with Crippen LogP contribution in [0.5, 0.6) is 0 Å². The number of benzene rings is 1. The van der Waals surface area contributed by atoms with Crippen LogP contribution < -0.4 is 5.32 Å². The molecule has 0 radical (unpaired) electrons. The summed E-state index contributed by atoms with van der Waals surface area (Å²) < 4.78 is 14.0. The highest BCUT2D eigenvalue weighted by Crippen LogP contribution is 2.49. The maximum absolute atomic E-state index is 14.0. The average Bonchev–Trinajstić information content (AvgIpc) is 3.08. The monoisotopic (exact) mass is 275 g/mol. The molecule has 2 heteroatoms. The Balaban J connectivity index is 1.67. The van der Waals surface area contributed by atoms with Crippen molar-refractivity contribution in [2.75, 3.05) is 0 Å². The smallest absolute Gasteiger partial charge is 0.127 e. The molecule has 5 unspecified atom stereocenters. The van der Waals surface area contributed by atoms with E-state index in [4.69, 9.17) is 0 Å². The molecule has 5 atom stereocenters. The predicted molar refractivity (Wildman–Crippen MR) is 81.0 cm³/mol. The number of nitrogens with one attached hydrogen (secondary N) is 1. The van der Waals surface area contributed by atoms with E-state index in [2.05, 4.69) is 19.2 Å². The molecular formula is C18H26FN. The van der Waals surface area contributed by atoms with Crippen molar-refractivity contribution in [3.8, 4) is 0 Å². The Morgan fingerprint density at radius 3 is 2.65 bits per heavy atom. The topological polar surface area (TPSA) is 12.0 Å². The summed E-state index contributed by atoms with van der Waals surface area (Å²) in [4.78, 5) is 0. The Bertz CT molecular complexity index is 458. The predicted octanol–water partition coefficient (Wildman–Crippen LogP) is 4.69. The molecule has 0 aliphatic heterocycles. The molecule has 3 rings (SSSR count). The summed E-state index contributed by atoms with van der Waals surface area (Å²) in [5.41, 5.74) is 0.824. The molecule has 0 spiro atoms. The third-order valence-corrected chi connectivity index (χ3v) is 5.59. The number of halogens is 1. The van der Waals surface area contributed by atoms with E-state index >= 15 is 0 Å². The molecule has 2 saturated carbocycles. The van der Waals surface area contributed by atoms with Gasteiger partial charge in [-0.25, -0.2) is 4.39 Å². The minimum absolute atomic E-state index is 0.0769. The Morgan fingerprint density at radius 1 is 1.25 bits per heavy atom.